The first-order chi connectivity index (χ1) is 16.8. The topological polar surface area (TPSA) is 104 Å². The van der Waals surface area contributed by atoms with Crippen LogP contribution in [0.3, 0.4) is 0 Å². The second-order valence-corrected chi connectivity index (χ2v) is 8.56. The molecule has 8 nitrogen and oxygen atoms in total. The van der Waals surface area contributed by atoms with E-state index in [0.717, 1.165) is 33.5 Å². The number of aromatic amines is 1. The molecule has 0 bridgehead atoms. The van der Waals surface area contributed by atoms with Crippen LogP contribution >= 0.6 is 12.2 Å². The number of aliphatic hydroxyl groups excluding tert-OH is 1. The third-order valence-corrected chi connectivity index (χ3v) is 6.17. The minimum atomic E-state index is -0.331. The standard InChI is InChI=1S/C26H31N3O5S/c1-5-34-21-8-6-20(7-9-21)27-26(35)29(10-11-30)15-19-13-18-12-16(2)22(14-23(31)33-4)17(3)24(18)28-25(19)32/h6-9,12-13,30H,5,10-11,14-15H2,1-4H3,(H,27,35)(H,28,32). The lowest BCUT2D eigenvalue weighted by molar-refractivity contribution is -0.139. The number of thiocarbonyl (C=S) groups is 1. The number of rotatable bonds is 9. The van der Waals surface area contributed by atoms with Gasteiger partial charge in [-0.2, -0.15) is 0 Å². The first-order valence-corrected chi connectivity index (χ1v) is 11.8. The van der Waals surface area contributed by atoms with Gasteiger partial charge in [0.25, 0.3) is 5.56 Å². The number of methoxy groups -OCH3 is 1. The fourth-order valence-electron chi connectivity index (χ4n) is 3.97. The Morgan fingerprint density at radius 2 is 1.91 bits per heavy atom. The maximum absolute atomic E-state index is 13.0. The first-order valence-electron chi connectivity index (χ1n) is 11.4. The van der Waals surface area contributed by atoms with E-state index in [9.17, 15) is 14.7 Å². The van der Waals surface area contributed by atoms with Crippen molar-refractivity contribution in [3.63, 3.8) is 0 Å². The van der Waals surface area contributed by atoms with Crippen molar-refractivity contribution < 1.29 is 19.4 Å². The van der Waals surface area contributed by atoms with Crippen LogP contribution in [-0.4, -0.2) is 52.9 Å². The molecule has 0 fully saturated rings. The predicted octanol–water partition coefficient (Wildman–Crippen LogP) is 3.45. The van der Waals surface area contributed by atoms with E-state index in [-0.39, 0.29) is 37.6 Å². The van der Waals surface area contributed by atoms with Crippen molar-refractivity contribution in [1.82, 2.24) is 9.88 Å². The molecule has 1 heterocycles. The van der Waals surface area contributed by atoms with E-state index < -0.39 is 0 Å². The van der Waals surface area contributed by atoms with E-state index in [2.05, 4.69) is 10.3 Å². The minimum absolute atomic E-state index is 0.119. The summed E-state index contributed by atoms with van der Waals surface area (Å²) in [7, 11) is 1.36. The number of nitrogens with one attached hydrogen (secondary N) is 2. The summed E-state index contributed by atoms with van der Waals surface area (Å²) in [5.41, 5.74) is 4.36. The second-order valence-electron chi connectivity index (χ2n) is 8.17. The molecule has 2 aromatic carbocycles. The molecular weight excluding hydrogens is 466 g/mol. The Labute approximate surface area is 209 Å². The number of hydrogen-bond acceptors (Lipinski definition) is 6. The van der Waals surface area contributed by atoms with Gasteiger partial charge in [-0.25, -0.2) is 0 Å². The fourth-order valence-corrected chi connectivity index (χ4v) is 4.24. The number of carbonyl (C=O) groups is 1. The molecule has 0 atom stereocenters. The number of esters is 1. The summed E-state index contributed by atoms with van der Waals surface area (Å²) in [6.45, 7) is 6.69. The Balaban J connectivity index is 1.86. The van der Waals surface area contributed by atoms with Crippen LogP contribution in [0.4, 0.5) is 5.69 Å². The molecule has 9 heteroatoms. The van der Waals surface area contributed by atoms with Gasteiger partial charge in [0.2, 0.25) is 0 Å². The highest BCUT2D eigenvalue weighted by atomic mass is 32.1. The number of hydrogen-bond donors (Lipinski definition) is 3. The molecule has 3 aromatic rings. The predicted molar refractivity (Wildman–Crippen MR) is 141 cm³/mol. The smallest absolute Gasteiger partial charge is 0.309 e. The molecule has 0 saturated carbocycles. The third-order valence-electron chi connectivity index (χ3n) is 5.81. The largest absolute Gasteiger partial charge is 0.494 e. The third kappa shape index (κ3) is 6.37. The van der Waals surface area contributed by atoms with Gasteiger partial charge in [0.05, 0.1) is 38.8 Å². The number of H-pyrrole nitrogens is 1. The number of aliphatic hydroxyl groups is 1. The average molecular weight is 498 g/mol. The van der Waals surface area contributed by atoms with Crippen molar-refractivity contribution in [3.05, 3.63) is 69.0 Å². The number of ether oxygens (including phenoxy) is 2. The van der Waals surface area contributed by atoms with Crippen LogP contribution < -0.4 is 15.6 Å². The minimum Gasteiger partial charge on any atom is -0.494 e. The summed E-state index contributed by atoms with van der Waals surface area (Å²) in [5.74, 6) is 0.432. The summed E-state index contributed by atoms with van der Waals surface area (Å²) in [6, 6.07) is 11.2. The van der Waals surface area contributed by atoms with Gasteiger partial charge in [0.1, 0.15) is 5.75 Å². The number of aromatic nitrogens is 1. The van der Waals surface area contributed by atoms with Crippen molar-refractivity contribution >= 4 is 39.9 Å². The van der Waals surface area contributed by atoms with Gasteiger partial charge < -0.3 is 29.8 Å². The molecule has 0 unspecified atom stereocenters. The zero-order valence-corrected chi connectivity index (χ0v) is 21.3. The van der Waals surface area contributed by atoms with Crippen LogP contribution in [0.15, 0.2) is 41.2 Å². The summed E-state index contributed by atoms with van der Waals surface area (Å²) >= 11 is 5.57. The van der Waals surface area contributed by atoms with Crippen LogP contribution in [0.5, 0.6) is 5.75 Å². The first kappa shape index (κ1) is 26.2. The Bertz CT molecular complexity index is 1270. The molecule has 0 aliphatic carbocycles. The van der Waals surface area contributed by atoms with Gasteiger partial charge in [-0.15, -0.1) is 0 Å². The van der Waals surface area contributed by atoms with Gasteiger partial charge in [0.15, 0.2) is 5.11 Å². The number of anilines is 1. The summed E-state index contributed by atoms with van der Waals surface area (Å²) in [4.78, 5) is 29.5. The van der Waals surface area contributed by atoms with Crippen LogP contribution in [0.25, 0.3) is 10.9 Å². The van der Waals surface area contributed by atoms with Gasteiger partial charge in [-0.3, -0.25) is 9.59 Å². The quantitative estimate of drug-likeness (QED) is 0.305. The highest BCUT2D eigenvalue weighted by Crippen LogP contribution is 2.25. The zero-order chi connectivity index (χ0) is 25.5. The van der Waals surface area contributed by atoms with E-state index in [1.165, 1.54) is 7.11 Å². The molecule has 35 heavy (non-hydrogen) atoms. The van der Waals surface area contributed by atoms with E-state index >= 15 is 0 Å². The number of pyridine rings is 1. The summed E-state index contributed by atoms with van der Waals surface area (Å²) in [6.07, 6.45) is 0.143. The van der Waals surface area contributed by atoms with Gasteiger partial charge in [0, 0.05) is 17.8 Å². The van der Waals surface area contributed by atoms with Gasteiger partial charge >= 0.3 is 5.97 Å². The average Bonchev–Trinajstić information content (AvgIpc) is 2.83. The van der Waals surface area contributed by atoms with Gasteiger partial charge in [-0.05, 0) is 91.5 Å². The molecule has 186 valence electrons. The number of carbonyl (C=O) groups excluding carboxylic acids is 1. The molecule has 0 aliphatic heterocycles. The molecule has 3 N–H and O–H groups in total. The molecule has 1 aromatic heterocycles. The second kappa shape index (κ2) is 11.8. The van der Waals surface area contributed by atoms with Gasteiger partial charge in [-0.1, -0.05) is 0 Å². The highest BCUT2D eigenvalue weighted by Gasteiger charge is 2.17. The Morgan fingerprint density at radius 3 is 2.54 bits per heavy atom. The lowest BCUT2D eigenvalue weighted by atomic mass is 9.96. The van der Waals surface area contributed by atoms with E-state index in [0.29, 0.717) is 22.8 Å². The van der Waals surface area contributed by atoms with Crippen molar-refractivity contribution in [2.45, 2.75) is 33.7 Å². The number of benzene rings is 2. The fraction of sp³-hybridized carbons (Fsp3) is 0.346. The monoisotopic (exact) mass is 497 g/mol. The highest BCUT2D eigenvalue weighted by molar-refractivity contribution is 7.80. The van der Waals surface area contributed by atoms with E-state index in [1.807, 2.05) is 57.2 Å². The lowest BCUT2D eigenvalue weighted by Gasteiger charge is -2.25. The van der Waals surface area contributed by atoms with Crippen molar-refractivity contribution in [3.8, 4) is 5.75 Å². The number of aryl methyl sites for hydroxylation is 2. The molecule has 0 aliphatic rings. The van der Waals surface area contributed by atoms with Crippen LogP contribution in [-0.2, 0) is 22.5 Å². The molecule has 0 spiro atoms. The van der Waals surface area contributed by atoms with E-state index in [1.54, 1.807) is 4.90 Å². The Kier molecular flexibility index (Phi) is 8.84. The summed E-state index contributed by atoms with van der Waals surface area (Å²) < 4.78 is 10.3. The SMILES string of the molecule is CCOc1ccc(NC(=S)N(CCO)Cc2cc3cc(C)c(CC(=O)OC)c(C)c3[nH]c2=O)cc1. The number of fused-ring (bicyclic) bond motifs is 1. The summed E-state index contributed by atoms with van der Waals surface area (Å²) in [5, 5.41) is 14.0. The van der Waals surface area contributed by atoms with Crippen molar-refractivity contribution in [2.24, 2.45) is 0 Å². The van der Waals surface area contributed by atoms with Crippen molar-refractivity contribution in [1.29, 1.82) is 0 Å². The number of nitrogens with zero attached hydrogens (tertiary/aromatic N) is 1. The normalized spacial score (nSPS) is 10.8. The van der Waals surface area contributed by atoms with E-state index in [4.69, 9.17) is 21.7 Å². The lowest BCUT2D eigenvalue weighted by Crippen LogP contribution is -2.37. The van der Waals surface area contributed by atoms with Crippen LogP contribution in [0, 0.1) is 13.8 Å². The molecule has 0 amide bonds. The van der Waals surface area contributed by atoms with Crippen LogP contribution in [0.1, 0.15) is 29.2 Å². The molecule has 0 radical (unpaired) electrons. The molecule has 3 rings (SSSR count). The Morgan fingerprint density at radius 1 is 1.20 bits per heavy atom. The zero-order valence-electron chi connectivity index (χ0n) is 20.4. The van der Waals surface area contributed by atoms with Crippen LogP contribution in [0.2, 0.25) is 0 Å². The Hall–Kier alpha value is -3.43. The maximum atomic E-state index is 13.0. The van der Waals surface area contributed by atoms with Crippen molar-refractivity contribution in [2.75, 3.05) is 32.2 Å². The molecular formula is C26H31N3O5S. The maximum Gasteiger partial charge on any atom is 0.309 e. The molecule has 0 saturated heterocycles.